The maximum atomic E-state index is 12.8. The van der Waals surface area contributed by atoms with Gasteiger partial charge in [-0.25, -0.2) is 0 Å². The molecule has 1 aromatic rings. The first-order valence-electron chi connectivity index (χ1n) is 9.65. The molecule has 0 spiro atoms. The summed E-state index contributed by atoms with van der Waals surface area (Å²) >= 11 is 5.48. The van der Waals surface area contributed by atoms with Crippen molar-refractivity contribution in [3.8, 4) is 0 Å². The lowest BCUT2D eigenvalue weighted by molar-refractivity contribution is -0.120. The van der Waals surface area contributed by atoms with Crippen LogP contribution in [0.25, 0.3) is 0 Å². The van der Waals surface area contributed by atoms with E-state index in [1.54, 1.807) is 12.1 Å². The fourth-order valence-electron chi connectivity index (χ4n) is 3.73. The molecule has 2 aliphatic rings. The molecule has 4 amide bonds. The normalized spacial score (nSPS) is 16.8. The van der Waals surface area contributed by atoms with Gasteiger partial charge < -0.3 is 10.6 Å². The van der Waals surface area contributed by atoms with Crippen molar-refractivity contribution in [1.82, 2.24) is 15.5 Å². The van der Waals surface area contributed by atoms with Crippen molar-refractivity contribution >= 4 is 35.2 Å². The molecule has 1 aliphatic carbocycles. The van der Waals surface area contributed by atoms with E-state index in [4.69, 9.17) is 11.6 Å². The van der Waals surface area contributed by atoms with Crippen LogP contribution in [0.5, 0.6) is 0 Å². The molecule has 0 atom stereocenters. The molecule has 1 aromatic carbocycles. The van der Waals surface area contributed by atoms with Crippen LogP contribution in [0, 0.1) is 0 Å². The van der Waals surface area contributed by atoms with E-state index in [9.17, 15) is 19.2 Å². The molecular formula is C20H24ClN3O4. The molecule has 28 heavy (non-hydrogen) atoms. The van der Waals surface area contributed by atoms with Gasteiger partial charge in [0.25, 0.3) is 17.7 Å². The second kappa shape index (κ2) is 9.19. The minimum atomic E-state index is -0.356. The highest BCUT2D eigenvalue weighted by Crippen LogP contribution is 2.31. The molecular weight excluding hydrogens is 382 g/mol. The first-order valence-corrected chi connectivity index (χ1v) is 10.2. The number of hydrogen-bond acceptors (Lipinski definition) is 4. The molecule has 3 rings (SSSR count). The van der Waals surface area contributed by atoms with Gasteiger partial charge in [0.1, 0.15) is 0 Å². The average Bonchev–Trinajstić information content (AvgIpc) is 2.96. The number of alkyl halides is 1. The van der Waals surface area contributed by atoms with Crippen LogP contribution in [0.3, 0.4) is 0 Å². The van der Waals surface area contributed by atoms with E-state index in [2.05, 4.69) is 10.6 Å². The van der Waals surface area contributed by atoms with Crippen LogP contribution >= 0.6 is 11.6 Å². The summed E-state index contributed by atoms with van der Waals surface area (Å²) in [5.74, 6) is -0.854. The lowest BCUT2D eigenvalue weighted by Crippen LogP contribution is -2.40. The molecule has 1 heterocycles. The third-order valence-electron chi connectivity index (χ3n) is 5.17. The number of halogens is 1. The highest BCUT2D eigenvalue weighted by Gasteiger charge is 2.40. The highest BCUT2D eigenvalue weighted by molar-refractivity contribution is 6.22. The van der Waals surface area contributed by atoms with Crippen LogP contribution in [-0.2, 0) is 4.79 Å². The summed E-state index contributed by atoms with van der Waals surface area (Å²) in [5, 5.41) is 5.34. The van der Waals surface area contributed by atoms with Crippen molar-refractivity contribution in [3.63, 3.8) is 0 Å². The molecule has 0 aromatic heterocycles. The van der Waals surface area contributed by atoms with Crippen molar-refractivity contribution in [3.05, 3.63) is 34.9 Å². The third-order valence-corrected chi connectivity index (χ3v) is 5.36. The summed E-state index contributed by atoms with van der Waals surface area (Å²) in [4.78, 5) is 50.5. The largest absolute Gasteiger partial charge is 0.354 e. The molecule has 2 N–H and O–H groups in total. The summed E-state index contributed by atoms with van der Waals surface area (Å²) in [7, 11) is 0. The van der Waals surface area contributed by atoms with Gasteiger partial charge in [0.05, 0.1) is 11.1 Å². The zero-order valence-electron chi connectivity index (χ0n) is 15.6. The molecule has 0 bridgehead atoms. The second-order valence-electron chi connectivity index (χ2n) is 7.08. The zero-order valence-corrected chi connectivity index (χ0v) is 16.4. The fraction of sp³-hybridized carbons (Fsp3) is 0.500. The zero-order chi connectivity index (χ0) is 20.1. The minimum Gasteiger partial charge on any atom is -0.354 e. The second-order valence-corrected chi connectivity index (χ2v) is 7.46. The molecule has 8 heteroatoms. The Labute approximate surface area is 168 Å². The molecule has 0 radical (unpaired) electrons. The first kappa shape index (κ1) is 20.3. The summed E-state index contributed by atoms with van der Waals surface area (Å²) in [5.41, 5.74) is 0.969. The average molecular weight is 406 g/mol. The van der Waals surface area contributed by atoms with Crippen LogP contribution in [0.1, 0.15) is 69.6 Å². The molecule has 1 aliphatic heterocycles. The van der Waals surface area contributed by atoms with Gasteiger partial charge in [-0.15, -0.1) is 11.6 Å². The van der Waals surface area contributed by atoms with E-state index in [0.29, 0.717) is 23.2 Å². The standard InChI is InChI=1S/C20H24ClN3O4/c21-9-8-17(25)22-10-11-23-18(26)13-6-7-15-16(12-13)20(28)24(19(15)27)14-4-2-1-3-5-14/h6-7,12,14H,1-5,8-11H2,(H,22,25)(H,23,26). The third kappa shape index (κ3) is 4.35. The molecule has 1 fully saturated rings. The van der Waals surface area contributed by atoms with Gasteiger partial charge in [-0.2, -0.15) is 0 Å². The Hall–Kier alpha value is -2.41. The van der Waals surface area contributed by atoms with Crippen LogP contribution in [0.4, 0.5) is 0 Å². The maximum Gasteiger partial charge on any atom is 0.261 e. The Kier molecular flexibility index (Phi) is 6.67. The van der Waals surface area contributed by atoms with Crippen LogP contribution in [-0.4, -0.2) is 53.5 Å². The van der Waals surface area contributed by atoms with E-state index in [-0.39, 0.29) is 48.5 Å². The van der Waals surface area contributed by atoms with Gasteiger partial charge in [-0.3, -0.25) is 24.1 Å². The van der Waals surface area contributed by atoms with Crippen molar-refractivity contribution < 1.29 is 19.2 Å². The number of nitrogens with one attached hydrogen (secondary N) is 2. The summed E-state index contributed by atoms with van der Waals surface area (Å²) in [6.07, 6.45) is 5.09. The summed E-state index contributed by atoms with van der Waals surface area (Å²) < 4.78 is 0. The van der Waals surface area contributed by atoms with Gasteiger partial charge in [0.2, 0.25) is 5.91 Å². The van der Waals surface area contributed by atoms with Gasteiger partial charge in [0.15, 0.2) is 0 Å². The number of imide groups is 1. The van der Waals surface area contributed by atoms with E-state index in [1.807, 2.05) is 0 Å². The van der Waals surface area contributed by atoms with Gasteiger partial charge >= 0.3 is 0 Å². The van der Waals surface area contributed by atoms with E-state index in [1.165, 1.54) is 11.0 Å². The quantitative estimate of drug-likeness (QED) is 0.412. The maximum absolute atomic E-state index is 12.8. The lowest BCUT2D eigenvalue weighted by atomic mass is 9.94. The molecule has 0 unspecified atom stereocenters. The number of nitrogens with zero attached hydrogens (tertiary/aromatic N) is 1. The molecule has 1 saturated carbocycles. The van der Waals surface area contributed by atoms with Gasteiger partial charge in [-0.05, 0) is 31.0 Å². The Bertz CT molecular complexity index is 790. The smallest absolute Gasteiger partial charge is 0.261 e. The van der Waals surface area contributed by atoms with E-state index in [0.717, 1.165) is 32.1 Å². The van der Waals surface area contributed by atoms with Crippen LogP contribution in [0.15, 0.2) is 18.2 Å². The van der Waals surface area contributed by atoms with Crippen LogP contribution in [0.2, 0.25) is 0 Å². The molecule has 0 saturated heterocycles. The number of amides is 4. The predicted octanol–water partition coefficient (Wildman–Crippen LogP) is 2.09. The number of carbonyl (C=O) groups excluding carboxylic acids is 4. The number of fused-ring (bicyclic) bond motifs is 1. The number of carbonyl (C=O) groups is 4. The fourth-order valence-corrected chi connectivity index (χ4v) is 3.90. The number of rotatable bonds is 7. The highest BCUT2D eigenvalue weighted by atomic mass is 35.5. The summed E-state index contributed by atoms with van der Waals surface area (Å²) in [6.45, 7) is 0.546. The van der Waals surface area contributed by atoms with Crippen molar-refractivity contribution in [1.29, 1.82) is 0 Å². The van der Waals surface area contributed by atoms with E-state index >= 15 is 0 Å². The Morgan fingerprint density at radius 3 is 2.39 bits per heavy atom. The summed E-state index contributed by atoms with van der Waals surface area (Å²) in [6, 6.07) is 4.54. The van der Waals surface area contributed by atoms with Gasteiger partial charge in [-0.1, -0.05) is 19.3 Å². The number of benzene rings is 1. The van der Waals surface area contributed by atoms with Crippen molar-refractivity contribution in [2.45, 2.75) is 44.6 Å². The number of hydrogen-bond donors (Lipinski definition) is 2. The van der Waals surface area contributed by atoms with Crippen molar-refractivity contribution in [2.75, 3.05) is 19.0 Å². The minimum absolute atomic E-state index is 0.0463. The topological polar surface area (TPSA) is 95.6 Å². The lowest BCUT2D eigenvalue weighted by Gasteiger charge is -2.29. The van der Waals surface area contributed by atoms with E-state index < -0.39 is 0 Å². The molecule has 150 valence electrons. The Balaban J connectivity index is 1.62. The van der Waals surface area contributed by atoms with Gasteiger partial charge in [0, 0.05) is 37.0 Å². The SMILES string of the molecule is O=C(CCCl)NCCNC(=O)c1ccc2c(c1)C(=O)N(C1CCCCC1)C2=O. The monoisotopic (exact) mass is 405 g/mol. The first-order chi connectivity index (χ1) is 13.5. The Morgan fingerprint density at radius 1 is 1.00 bits per heavy atom. The Morgan fingerprint density at radius 2 is 1.68 bits per heavy atom. The van der Waals surface area contributed by atoms with Crippen molar-refractivity contribution in [2.24, 2.45) is 0 Å². The van der Waals surface area contributed by atoms with Crippen LogP contribution < -0.4 is 10.6 Å². The predicted molar refractivity (Wildman–Crippen MR) is 104 cm³/mol. The molecule has 7 nitrogen and oxygen atoms in total.